The topological polar surface area (TPSA) is 95.6 Å². The molecule has 3 aromatic rings. The minimum absolute atomic E-state index is 0.0316. The van der Waals surface area contributed by atoms with Crippen LogP contribution in [0.3, 0.4) is 0 Å². The highest BCUT2D eigenvalue weighted by Gasteiger charge is 2.29. The Labute approximate surface area is 211 Å². The fraction of sp³-hybridized carbons (Fsp3) is 0.231. The van der Waals surface area contributed by atoms with Gasteiger partial charge in [-0.2, -0.15) is 0 Å². The van der Waals surface area contributed by atoms with Gasteiger partial charge in [0.2, 0.25) is 5.91 Å². The second-order valence-corrected chi connectivity index (χ2v) is 10.4. The summed E-state index contributed by atoms with van der Waals surface area (Å²) in [4.78, 5) is 25.8. The van der Waals surface area contributed by atoms with Crippen LogP contribution in [0, 0.1) is 6.92 Å². The first-order chi connectivity index (χ1) is 16.6. The van der Waals surface area contributed by atoms with E-state index in [0.717, 1.165) is 16.3 Å². The number of aryl methyl sites for hydroxylation is 1. The number of rotatable bonds is 9. The average Bonchev–Trinajstić information content (AvgIpc) is 2.83. The van der Waals surface area contributed by atoms with Crippen molar-refractivity contribution in [3.8, 4) is 0 Å². The van der Waals surface area contributed by atoms with Crippen LogP contribution in [0.4, 0.5) is 11.4 Å². The van der Waals surface area contributed by atoms with Gasteiger partial charge in [-0.25, -0.2) is 8.42 Å². The molecule has 0 saturated heterocycles. The minimum atomic E-state index is -4.12. The second-order valence-electron chi connectivity index (χ2n) is 8.15. The smallest absolute Gasteiger partial charge is 0.264 e. The van der Waals surface area contributed by atoms with Crippen molar-refractivity contribution in [2.75, 3.05) is 16.2 Å². The summed E-state index contributed by atoms with van der Waals surface area (Å²) in [6, 6.07) is 19.3. The summed E-state index contributed by atoms with van der Waals surface area (Å²) in [6.45, 7) is 5.15. The summed E-state index contributed by atoms with van der Waals surface area (Å²) in [6.07, 6.45) is 0.754. The van der Waals surface area contributed by atoms with Gasteiger partial charge in [0.05, 0.1) is 26.9 Å². The molecule has 0 spiro atoms. The molecule has 0 aliphatic rings. The zero-order valence-corrected chi connectivity index (χ0v) is 21.4. The average molecular weight is 514 g/mol. The number of nitrogens with one attached hydrogen (secondary N) is 2. The molecule has 0 aliphatic carbocycles. The molecule has 0 fully saturated rings. The maximum absolute atomic E-state index is 13.5. The van der Waals surface area contributed by atoms with Crippen molar-refractivity contribution < 1.29 is 18.0 Å². The number of amides is 2. The Morgan fingerprint density at radius 3 is 2.26 bits per heavy atom. The fourth-order valence-corrected chi connectivity index (χ4v) is 5.03. The Kier molecular flexibility index (Phi) is 8.53. The molecule has 3 rings (SSSR count). The van der Waals surface area contributed by atoms with E-state index in [1.54, 1.807) is 54.6 Å². The number of carbonyl (C=O) groups is 2. The van der Waals surface area contributed by atoms with E-state index < -0.39 is 22.5 Å². The minimum Gasteiger partial charge on any atom is -0.350 e. The van der Waals surface area contributed by atoms with E-state index >= 15 is 0 Å². The van der Waals surface area contributed by atoms with Crippen molar-refractivity contribution in [1.82, 2.24) is 5.32 Å². The molecule has 0 saturated carbocycles. The number of hydrogen-bond donors (Lipinski definition) is 2. The molecule has 35 heavy (non-hydrogen) atoms. The van der Waals surface area contributed by atoms with Gasteiger partial charge in [-0.15, -0.1) is 0 Å². The normalized spacial score (nSPS) is 12.0. The van der Waals surface area contributed by atoms with Crippen LogP contribution in [0.5, 0.6) is 0 Å². The summed E-state index contributed by atoms with van der Waals surface area (Å²) in [5, 5.41) is 5.74. The Bertz CT molecular complexity index is 1310. The van der Waals surface area contributed by atoms with Crippen molar-refractivity contribution in [2.45, 2.75) is 38.1 Å². The van der Waals surface area contributed by atoms with Crippen LogP contribution in [0.2, 0.25) is 5.02 Å². The van der Waals surface area contributed by atoms with Crippen molar-refractivity contribution >= 4 is 44.8 Å². The highest BCUT2D eigenvalue weighted by Crippen LogP contribution is 2.30. The lowest BCUT2D eigenvalue weighted by molar-refractivity contribution is -0.114. The van der Waals surface area contributed by atoms with Crippen molar-refractivity contribution in [3.05, 3.63) is 88.9 Å². The molecule has 3 aromatic carbocycles. The molecule has 0 radical (unpaired) electrons. The van der Waals surface area contributed by atoms with Gasteiger partial charge in [-0.05, 0) is 56.7 Å². The van der Waals surface area contributed by atoms with Crippen molar-refractivity contribution in [2.24, 2.45) is 0 Å². The van der Waals surface area contributed by atoms with Gasteiger partial charge in [-0.1, -0.05) is 60.5 Å². The first-order valence-corrected chi connectivity index (χ1v) is 13.0. The molecular formula is C26H28ClN3O4S. The summed E-state index contributed by atoms with van der Waals surface area (Å²) in [5.41, 5.74) is 1.64. The molecule has 2 N–H and O–H groups in total. The lowest BCUT2D eigenvalue weighted by Gasteiger charge is -2.25. The van der Waals surface area contributed by atoms with Gasteiger partial charge >= 0.3 is 0 Å². The summed E-state index contributed by atoms with van der Waals surface area (Å²) in [7, 11) is -4.12. The molecule has 7 nitrogen and oxygen atoms in total. The van der Waals surface area contributed by atoms with E-state index in [4.69, 9.17) is 11.6 Å². The van der Waals surface area contributed by atoms with Gasteiger partial charge < -0.3 is 10.6 Å². The van der Waals surface area contributed by atoms with Crippen LogP contribution in [0.1, 0.15) is 36.2 Å². The van der Waals surface area contributed by atoms with Crippen LogP contribution in [-0.2, 0) is 14.8 Å². The van der Waals surface area contributed by atoms with Gasteiger partial charge in [0.15, 0.2) is 0 Å². The maximum Gasteiger partial charge on any atom is 0.264 e. The molecule has 9 heteroatoms. The summed E-state index contributed by atoms with van der Waals surface area (Å²) in [5.74, 6) is -0.949. The van der Waals surface area contributed by atoms with Crippen molar-refractivity contribution in [1.29, 1.82) is 0 Å². The van der Waals surface area contributed by atoms with E-state index in [9.17, 15) is 18.0 Å². The van der Waals surface area contributed by atoms with E-state index in [-0.39, 0.29) is 38.8 Å². The number of nitrogens with zero attached hydrogens (tertiary/aromatic N) is 1. The van der Waals surface area contributed by atoms with E-state index in [1.807, 2.05) is 20.8 Å². The van der Waals surface area contributed by atoms with E-state index in [0.29, 0.717) is 0 Å². The van der Waals surface area contributed by atoms with Crippen LogP contribution in [-0.4, -0.2) is 32.8 Å². The third-order valence-electron chi connectivity index (χ3n) is 5.45. The molecule has 1 atom stereocenters. The van der Waals surface area contributed by atoms with E-state index in [1.165, 1.54) is 18.2 Å². The molecule has 0 heterocycles. The number of benzene rings is 3. The zero-order valence-electron chi connectivity index (χ0n) is 19.8. The van der Waals surface area contributed by atoms with Crippen LogP contribution >= 0.6 is 11.6 Å². The Morgan fingerprint density at radius 1 is 0.971 bits per heavy atom. The van der Waals surface area contributed by atoms with Gasteiger partial charge in [-0.3, -0.25) is 13.9 Å². The predicted octanol–water partition coefficient (Wildman–Crippen LogP) is 5.01. The largest absolute Gasteiger partial charge is 0.350 e. The standard InChI is InChI=1S/C26H28ClN3O4S/c1-4-19(3)28-26(32)21-9-5-7-11-23(21)29-25(31)17-30(24-12-8-6-10-22(24)27)35(33,34)20-15-13-18(2)14-16-20/h5-16,19H,4,17H2,1-3H3,(H,28,32)(H,29,31)/t19-/m0/s1. The number of anilines is 2. The summed E-state index contributed by atoms with van der Waals surface area (Å²) < 4.78 is 28.0. The fourth-order valence-electron chi connectivity index (χ4n) is 3.30. The number of para-hydroxylation sites is 2. The number of halogens is 1. The predicted molar refractivity (Wildman–Crippen MR) is 139 cm³/mol. The van der Waals surface area contributed by atoms with Crippen LogP contribution in [0.15, 0.2) is 77.7 Å². The monoisotopic (exact) mass is 513 g/mol. The Morgan fingerprint density at radius 2 is 1.60 bits per heavy atom. The first kappa shape index (κ1) is 26.2. The lowest BCUT2D eigenvalue weighted by Crippen LogP contribution is -2.39. The highest BCUT2D eigenvalue weighted by atomic mass is 35.5. The van der Waals surface area contributed by atoms with Gasteiger partial charge in [0.1, 0.15) is 6.54 Å². The van der Waals surface area contributed by atoms with Crippen LogP contribution < -0.4 is 14.9 Å². The second kappa shape index (κ2) is 11.4. The van der Waals surface area contributed by atoms with Gasteiger partial charge in [0.25, 0.3) is 15.9 Å². The molecular weight excluding hydrogens is 486 g/mol. The van der Waals surface area contributed by atoms with Crippen LogP contribution in [0.25, 0.3) is 0 Å². The van der Waals surface area contributed by atoms with E-state index in [2.05, 4.69) is 10.6 Å². The lowest BCUT2D eigenvalue weighted by atomic mass is 10.1. The number of carbonyl (C=O) groups excluding carboxylic acids is 2. The van der Waals surface area contributed by atoms with Crippen molar-refractivity contribution in [3.63, 3.8) is 0 Å². The molecule has 2 amide bonds. The maximum atomic E-state index is 13.5. The zero-order chi connectivity index (χ0) is 25.6. The third kappa shape index (κ3) is 6.41. The molecule has 0 unspecified atom stereocenters. The first-order valence-electron chi connectivity index (χ1n) is 11.2. The summed E-state index contributed by atoms with van der Waals surface area (Å²) >= 11 is 6.32. The number of sulfonamides is 1. The number of hydrogen-bond acceptors (Lipinski definition) is 4. The molecule has 0 aliphatic heterocycles. The third-order valence-corrected chi connectivity index (χ3v) is 7.55. The molecule has 0 bridgehead atoms. The molecule has 0 aromatic heterocycles. The Hall–Kier alpha value is -3.36. The van der Waals surface area contributed by atoms with Gasteiger partial charge in [0, 0.05) is 6.04 Å². The SMILES string of the molecule is CC[C@H](C)NC(=O)c1ccccc1NC(=O)CN(c1ccccc1Cl)S(=O)(=O)c1ccc(C)cc1. The quantitative estimate of drug-likeness (QED) is 0.420. The molecule has 184 valence electrons. The Balaban J connectivity index is 1.93. The highest BCUT2D eigenvalue weighted by molar-refractivity contribution is 7.92.